The SMILES string of the molecule is CCCOCC(=O)N(C)c1cc(CC[N+](=O)[O-])ccc1C(=O)O. The molecule has 23 heavy (non-hydrogen) atoms. The minimum absolute atomic E-state index is 0.0406. The van der Waals surface area contributed by atoms with Crippen molar-refractivity contribution in [3.63, 3.8) is 0 Å². The molecule has 1 amide bonds. The molecule has 1 rings (SSSR count). The van der Waals surface area contributed by atoms with Gasteiger partial charge in [0.15, 0.2) is 0 Å². The molecule has 126 valence electrons. The van der Waals surface area contributed by atoms with Crippen molar-refractivity contribution < 1.29 is 24.4 Å². The van der Waals surface area contributed by atoms with Gasteiger partial charge in [-0.3, -0.25) is 14.9 Å². The van der Waals surface area contributed by atoms with Gasteiger partial charge in [0.1, 0.15) is 6.61 Å². The summed E-state index contributed by atoms with van der Waals surface area (Å²) in [4.78, 5) is 34.6. The maximum Gasteiger partial charge on any atom is 0.337 e. The van der Waals surface area contributed by atoms with Crippen LogP contribution in [0.5, 0.6) is 0 Å². The third kappa shape index (κ3) is 5.67. The largest absolute Gasteiger partial charge is 0.478 e. The number of benzene rings is 1. The van der Waals surface area contributed by atoms with Crippen LogP contribution in [0.3, 0.4) is 0 Å². The third-order valence-corrected chi connectivity index (χ3v) is 3.19. The first-order valence-corrected chi connectivity index (χ1v) is 7.19. The lowest BCUT2D eigenvalue weighted by molar-refractivity contribution is -0.479. The Morgan fingerprint density at radius 3 is 2.65 bits per heavy atom. The number of likely N-dealkylation sites (N-methyl/N-ethyl adjacent to an activating group) is 1. The number of anilines is 1. The average molecular weight is 324 g/mol. The van der Waals surface area contributed by atoms with Crippen molar-refractivity contribution in [3.05, 3.63) is 39.4 Å². The number of amides is 1. The molecular formula is C15H20N2O6. The molecule has 0 aliphatic rings. The smallest absolute Gasteiger partial charge is 0.337 e. The zero-order chi connectivity index (χ0) is 17.4. The fourth-order valence-corrected chi connectivity index (χ4v) is 1.95. The van der Waals surface area contributed by atoms with E-state index in [0.29, 0.717) is 12.2 Å². The molecule has 0 bridgehead atoms. The molecule has 8 nitrogen and oxygen atoms in total. The van der Waals surface area contributed by atoms with Crippen LogP contribution in [0.25, 0.3) is 0 Å². The van der Waals surface area contributed by atoms with Crippen LogP contribution in [0.4, 0.5) is 5.69 Å². The van der Waals surface area contributed by atoms with E-state index in [1.807, 2.05) is 6.92 Å². The van der Waals surface area contributed by atoms with E-state index in [-0.39, 0.29) is 36.7 Å². The van der Waals surface area contributed by atoms with Gasteiger partial charge in [0.25, 0.3) is 5.91 Å². The quantitative estimate of drug-likeness (QED) is 0.419. The molecule has 0 saturated carbocycles. The normalized spacial score (nSPS) is 10.3. The number of rotatable bonds is 9. The van der Waals surface area contributed by atoms with Crippen molar-refractivity contribution in [1.82, 2.24) is 0 Å². The fourth-order valence-electron chi connectivity index (χ4n) is 1.95. The average Bonchev–Trinajstić information content (AvgIpc) is 2.51. The van der Waals surface area contributed by atoms with E-state index in [0.717, 1.165) is 6.42 Å². The molecule has 0 aliphatic heterocycles. The number of aromatic carboxylic acids is 1. The molecule has 0 spiro atoms. The van der Waals surface area contributed by atoms with Gasteiger partial charge >= 0.3 is 5.97 Å². The molecular weight excluding hydrogens is 304 g/mol. The lowest BCUT2D eigenvalue weighted by Gasteiger charge is -2.20. The number of carboxylic acids is 1. The van der Waals surface area contributed by atoms with Gasteiger partial charge in [0.2, 0.25) is 6.54 Å². The van der Waals surface area contributed by atoms with E-state index in [4.69, 9.17) is 4.74 Å². The summed E-state index contributed by atoms with van der Waals surface area (Å²) in [6.07, 6.45) is 0.933. The minimum Gasteiger partial charge on any atom is -0.478 e. The molecule has 0 saturated heterocycles. The predicted octanol–water partition coefficient (Wildman–Crippen LogP) is 1.59. The lowest BCUT2D eigenvalue weighted by atomic mass is 10.1. The highest BCUT2D eigenvalue weighted by Crippen LogP contribution is 2.22. The molecule has 0 unspecified atom stereocenters. The Balaban J connectivity index is 2.99. The van der Waals surface area contributed by atoms with Gasteiger partial charge in [0, 0.05) is 25.0 Å². The number of hydrogen-bond donors (Lipinski definition) is 1. The summed E-state index contributed by atoms with van der Waals surface area (Å²) in [5, 5.41) is 19.7. The molecule has 0 aromatic heterocycles. The number of ether oxygens (including phenoxy) is 1. The van der Waals surface area contributed by atoms with Crippen molar-refractivity contribution in [1.29, 1.82) is 0 Å². The van der Waals surface area contributed by atoms with Crippen LogP contribution in [0.15, 0.2) is 18.2 Å². The second kappa shape index (κ2) is 8.84. The maximum absolute atomic E-state index is 12.1. The van der Waals surface area contributed by atoms with Crippen molar-refractivity contribution in [3.8, 4) is 0 Å². The monoisotopic (exact) mass is 324 g/mol. The first-order valence-electron chi connectivity index (χ1n) is 7.19. The lowest BCUT2D eigenvalue weighted by Crippen LogP contribution is -2.31. The standard InChI is InChI=1S/C15H20N2O6/c1-3-8-23-10-14(18)16(2)13-9-11(6-7-17(21)22)4-5-12(13)15(19)20/h4-5,9H,3,6-8,10H2,1-2H3,(H,19,20). The molecule has 1 aromatic rings. The molecule has 0 aliphatic carbocycles. The Hall–Kier alpha value is -2.48. The van der Waals surface area contributed by atoms with Crippen molar-refractivity contribution >= 4 is 17.6 Å². The summed E-state index contributed by atoms with van der Waals surface area (Å²) in [6, 6.07) is 4.36. The molecule has 0 atom stereocenters. The van der Waals surface area contributed by atoms with Crippen LogP contribution >= 0.6 is 0 Å². The van der Waals surface area contributed by atoms with Crippen molar-refractivity contribution in [2.45, 2.75) is 19.8 Å². The number of nitro groups is 1. The summed E-state index contributed by atoms with van der Waals surface area (Å²) in [5.41, 5.74) is 0.750. The summed E-state index contributed by atoms with van der Waals surface area (Å²) in [5.74, 6) is -1.55. The van der Waals surface area contributed by atoms with E-state index in [1.54, 1.807) is 0 Å². The summed E-state index contributed by atoms with van der Waals surface area (Å²) >= 11 is 0. The van der Waals surface area contributed by atoms with Crippen LogP contribution in [0.2, 0.25) is 0 Å². The number of carbonyl (C=O) groups excluding carboxylic acids is 1. The molecule has 0 fully saturated rings. The fraction of sp³-hybridized carbons (Fsp3) is 0.467. The Labute approximate surface area is 133 Å². The Kier molecular flexibility index (Phi) is 7.14. The maximum atomic E-state index is 12.1. The second-order valence-electron chi connectivity index (χ2n) is 4.97. The van der Waals surface area contributed by atoms with Gasteiger partial charge < -0.3 is 14.7 Å². The van der Waals surface area contributed by atoms with Gasteiger partial charge in [-0.05, 0) is 24.1 Å². The van der Waals surface area contributed by atoms with Crippen LogP contribution in [0.1, 0.15) is 29.3 Å². The number of nitrogens with zero attached hydrogens (tertiary/aromatic N) is 2. The highest BCUT2D eigenvalue weighted by molar-refractivity contribution is 6.02. The van der Waals surface area contributed by atoms with Gasteiger partial charge in [-0.1, -0.05) is 13.0 Å². The summed E-state index contributed by atoms with van der Waals surface area (Å²) in [6.45, 7) is 1.94. The molecule has 0 heterocycles. The van der Waals surface area contributed by atoms with E-state index in [9.17, 15) is 24.8 Å². The highest BCUT2D eigenvalue weighted by Gasteiger charge is 2.19. The third-order valence-electron chi connectivity index (χ3n) is 3.19. The molecule has 1 aromatic carbocycles. The molecule has 0 radical (unpaired) electrons. The highest BCUT2D eigenvalue weighted by atomic mass is 16.6. The van der Waals surface area contributed by atoms with Gasteiger partial charge in [-0.25, -0.2) is 4.79 Å². The predicted molar refractivity (Wildman–Crippen MR) is 83.5 cm³/mol. The number of carbonyl (C=O) groups is 2. The number of hydrogen-bond acceptors (Lipinski definition) is 5. The molecule has 1 N–H and O–H groups in total. The minimum atomic E-state index is -1.17. The van der Waals surface area contributed by atoms with E-state index in [1.165, 1.54) is 30.1 Å². The van der Waals surface area contributed by atoms with E-state index in [2.05, 4.69) is 0 Å². The number of carboxylic acid groups (broad SMARTS) is 1. The van der Waals surface area contributed by atoms with Gasteiger partial charge in [-0.15, -0.1) is 0 Å². The van der Waals surface area contributed by atoms with Gasteiger partial charge in [-0.2, -0.15) is 0 Å². The zero-order valence-corrected chi connectivity index (χ0v) is 13.2. The van der Waals surface area contributed by atoms with Crippen molar-refractivity contribution in [2.24, 2.45) is 0 Å². The van der Waals surface area contributed by atoms with Crippen LogP contribution in [0, 0.1) is 10.1 Å². The topological polar surface area (TPSA) is 110 Å². The molecule has 8 heteroatoms. The van der Waals surface area contributed by atoms with Crippen LogP contribution in [-0.4, -0.2) is 48.7 Å². The first kappa shape index (κ1) is 18.6. The second-order valence-corrected chi connectivity index (χ2v) is 4.97. The van der Waals surface area contributed by atoms with Crippen molar-refractivity contribution in [2.75, 3.05) is 31.7 Å². The zero-order valence-electron chi connectivity index (χ0n) is 13.2. The Bertz CT molecular complexity index is 587. The van der Waals surface area contributed by atoms with Crippen LogP contribution in [-0.2, 0) is 16.0 Å². The summed E-state index contributed by atoms with van der Waals surface area (Å²) in [7, 11) is 1.46. The first-order chi connectivity index (χ1) is 10.9. The van der Waals surface area contributed by atoms with E-state index >= 15 is 0 Å². The van der Waals surface area contributed by atoms with Gasteiger partial charge in [0.05, 0.1) is 11.3 Å². The van der Waals surface area contributed by atoms with E-state index < -0.39 is 10.9 Å². The summed E-state index contributed by atoms with van der Waals surface area (Å²) < 4.78 is 5.17. The Morgan fingerprint density at radius 2 is 2.09 bits per heavy atom. The van der Waals surface area contributed by atoms with Crippen LogP contribution < -0.4 is 4.90 Å². The Morgan fingerprint density at radius 1 is 1.39 bits per heavy atom.